The summed E-state index contributed by atoms with van der Waals surface area (Å²) in [5.41, 5.74) is 1.00. The highest BCUT2D eigenvalue weighted by Crippen LogP contribution is 2.41. The van der Waals surface area contributed by atoms with Crippen molar-refractivity contribution in [3.05, 3.63) is 65.2 Å². The van der Waals surface area contributed by atoms with Crippen LogP contribution in [0.25, 0.3) is 5.76 Å². The molecular formula is C24H27NO6. The topological polar surface area (TPSA) is 85.3 Å². The number of nitrogens with zero attached hydrogens (tertiary/aromatic N) is 1. The van der Waals surface area contributed by atoms with E-state index >= 15 is 0 Å². The quantitative estimate of drug-likeness (QED) is 0.396. The van der Waals surface area contributed by atoms with Crippen LogP contribution in [0.3, 0.4) is 0 Å². The van der Waals surface area contributed by atoms with E-state index in [2.05, 4.69) is 0 Å². The molecule has 0 spiro atoms. The van der Waals surface area contributed by atoms with Crippen molar-refractivity contribution < 1.29 is 28.9 Å². The number of Topliss-reactive ketones (excluding diaryl/α,β-unsaturated/α-hetero) is 1. The molecule has 3 rings (SSSR count). The van der Waals surface area contributed by atoms with Gasteiger partial charge in [0.25, 0.3) is 11.7 Å². The fraction of sp³-hybridized carbons (Fsp3) is 0.333. The van der Waals surface area contributed by atoms with Crippen LogP contribution in [-0.4, -0.2) is 55.2 Å². The fourth-order valence-electron chi connectivity index (χ4n) is 3.64. The molecule has 2 aromatic rings. The number of carbonyl (C=O) groups excluding carboxylic acids is 2. The Balaban J connectivity index is 2.15. The first-order valence-corrected chi connectivity index (χ1v) is 10.1. The number of hydrogen-bond donors (Lipinski definition) is 1. The van der Waals surface area contributed by atoms with Crippen LogP contribution in [0.5, 0.6) is 11.5 Å². The number of likely N-dealkylation sites (tertiary alicyclic amines) is 1. The Labute approximate surface area is 181 Å². The smallest absolute Gasteiger partial charge is 0.295 e. The first kappa shape index (κ1) is 22.4. The Morgan fingerprint density at radius 3 is 2.48 bits per heavy atom. The Kier molecular flexibility index (Phi) is 6.97. The number of methoxy groups -OCH3 is 2. The van der Waals surface area contributed by atoms with Crippen LogP contribution in [0.1, 0.15) is 31.0 Å². The van der Waals surface area contributed by atoms with Crippen molar-refractivity contribution in [3.63, 3.8) is 0 Å². The summed E-state index contributed by atoms with van der Waals surface area (Å²) in [7, 11) is 3.02. The maximum absolute atomic E-state index is 13.0. The van der Waals surface area contributed by atoms with E-state index in [0.717, 1.165) is 0 Å². The standard InChI is InChI=1S/C24H27NO6/c1-15(2)31-13-12-25-21(16-8-7-9-17(14-16)29-3)20(23(27)24(25)28)22(26)18-10-5-6-11-19(18)30-4/h5-11,14-15,21,26H,12-13H2,1-4H3/b22-20-. The van der Waals surface area contributed by atoms with Crippen molar-refractivity contribution in [1.82, 2.24) is 4.90 Å². The molecule has 1 atom stereocenters. The Morgan fingerprint density at radius 2 is 1.81 bits per heavy atom. The molecule has 0 aromatic heterocycles. The normalized spacial score (nSPS) is 18.0. The van der Waals surface area contributed by atoms with Crippen molar-refractivity contribution in [1.29, 1.82) is 0 Å². The lowest BCUT2D eigenvalue weighted by atomic mass is 9.95. The summed E-state index contributed by atoms with van der Waals surface area (Å²) in [5, 5.41) is 11.1. The molecule has 1 N–H and O–H groups in total. The summed E-state index contributed by atoms with van der Waals surface area (Å²) in [6.45, 7) is 4.26. The van der Waals surface area contributed by atoms with E-state index in [1.807, 2.05) is 13.8 Å². The highest BCUT2D eigenvalue weighted by Gasteiger charge is 2.46. The molecule has 31 heavy (non-hydrogen) atoms. The molecule has 1 saturated heterocycles. The highest BCUT2D eigenvalue weighted by atomic mass is 16.5. The van der Waals surface area contributed by atoms with Crippen LogP contribution in [0.15, 0.2) is 54.1 Å². The van der Waals surface area contributed by atoms with E-state index in [9.17, 15) is 14.7 Å². The van der Waals surface area contributed by atoms with Gasteiger partial charge in [0.1, 0.15) is 17.3 Å². The molecule has 7 heteroatoms. The maximum Gasteiger partial charge on any atom is 0.295 e. The number of para-hydroxylation sites is 1. The lowest BCUT2D eigenvalue weighted by Crippen LogP contribution is -2.33. The summed E-state index contributed by atoms with van der Waals surface area (Å²) in [5.74, 6) is -0.731. The average molecular weight is 425 g/mol. The number of ketones is 1. The second kappa shape index (κ2) is 9.66. The number of hydrogen-bond acceptors (Lipinski definition) is 6. The molecule has 7 nitrogen and oxygen atoms in total. The number of rotatable bonds is 8. The van der Waals surface area contributed by atoms with E-state index in [1.165, 1.54) is 12.0 Å². The molecule has 1 amide bonds. The van der Waals surface area contributed by atoms with Crippen molar-refractivity contribution in [2.24, 2.45) is 0 Å². The van der Waals surface area contributed by atoms with Gasteiger partial charge in [-0.05, 0) is 43.7 Å². The van der Waals surface area contributed by atoms with Crippen LogP contribution in [-0.2, 0) is 14.3 Å². The van der Waals surface area contributed by atoms with Crippen molar-refractivity contribution >= 4 is 17.4 Å². The van der Waals surface area contributed by atoms with Crippen LogP contribution in [0.2, 0.25) is 0 Å². The lowest BCUT2D eigenvalue weighted by molar-refractivity contribution is -0.140. The molecule has 1 aliphatic rings. The Morgan fingerprint density at radius 1 is 1.06 bits per heavy atom. The van der Waals surface area contributed by atoms with Gasteiger partial charge < -0.3 is 24.2 Å². The van der Waals surface area contributed by atoms with Crippen LogP contribution >= 0.6 is 0 Å². The van der Waals surface area contributed by atoms with Crippen molar-refractivity contribution in [2.45, 2.75) is 26.0 Å². The van der Waals surface area contributed by atoms with Gasteiger partial charge in [0.2, 0.25) is 0 Å². The Hall–Kier alpha value is -3.32. The number of carbonyl (C=O) groups is 2. The van der Waals surface area contributed by atoms with E-state index in [0.29, 0.717) is 22.6 Å². The summed E-state index contributed by atoms with van der Waals surface area (Å²) in [6, 6.07) is 13.1. The van der Waals surface area contributed by atoms with Gasteiger partial charge in [-0.1, -0.05) is 24.3 Å². The maximum atomic E-state index is 13.0. The molecule has 2 aromatic carbocycles. The second-order valence-electron chi connectivity index (χ2n) is 7.39. The van der Waals surface area contributed by atoms with Gasteiger partial charge >= 0.3 is 0 Å². The molecular weight excluding hydrogens is 398 g/mol. The van der Waals surface area contributed by atoms with Crippen LogP contribution in [0, 0.1) is 0 Å². The zero-order valence-corrected chi connectivity index (χ0v) is 18.1. The van der Waals surface area contributed by atoms with E-state index in [1.54, 1.807) is 55.6 Å². The minimum absolute atomic E-state index is 0.00676. The molecule has 1 aliphatic heterocycles. The number of aliphatic hydroxyl groups is 1. The summed E-state index contributed by atoms with van der Waals surface area (Å²) in [6.07, 6.45) is -0.0133. The van der Waals surface area contributed by atoms with Crippen molar-refractivity contribution in [3.8, 4) is 11.5 Å². The van der Waals surface area contributed by atoms with Gasteiger partial charge in [0.05, 0.1) is 44.1 Å². The molecule has 1 fully saturated rings. The van der Waals surface area contributed by atoms with Gasteiger partial charge in [-0.15, -0.1) is 0 Å². The SMILES string of the molecule is COc1cccc(C2/C(=C(/O)c3ccccc3OC)C(=O)C(=O)N2CCOC(C)C)c1. The monoisotopic (exact) mass is 425 g/mol. The zero-order chi connectivity index (χ0) is 22.5. The van der Waals surface area contributed by atoms with Crippen molar-refractivity contribution in [2.75, 3.05) is 27.4 Å². The van der Waals surface area contributed by atoms with Gasteiger partial charge in [-0.2, -0.15) is 0 Å². The predicted molar refractivity (Wildman–Crippen MR) is 116 cm³/mol. The molecule has 1 heterocycles. The average Bonchev–Trinajstić information content (AvgIpc) is 3.03. The minimum atomic E-state index is -0.782. The van der Waals surface area contributed by atoms with Gasteiger partial charge in [-0.25, -0.2) is 0 Å². The first-order valence-electron chi connectivity index (χ1n) is 10.1. The third-order valence-corrected chi connectivity index (χ3v) is 5.09. The predicted octanol–water partition coefficient (Wildman–Crippen LogP) is 3.55. The molecule has 164 valence electrons. The summed E-state index contributed by atoms with van der Waals surface area (Å²) in [4.78, 5) is 27.4. The number of amides is 1. The third-order valence-electron chi connectivity index (χ3n) is 5.09. The molecule has 1 unspecified atom stereocenters. The largest absolute Gasteiger partial charge is 0.507 e. The van der Waals surface area contributed by atoms with Crippen LogP contribution < -0.4 is 9.47 Å². The number of ether oxygens (including phenoxy) is 3. The summed E-state index contributed by atoms with van der Waals surface area (Å²) >= 11 is 0. The summed E-state index contributed by atoms with van der Waals surface area (Å²) < 4.78 is 16.3. The van der Waals surface area contributed by atoms with Gasteiger partial charge in [0, 0.05) is 6.54 Å². The molecule has 0 aliphatic carbocycles. The number of benzene rings is 2. The molecule has 0 radical (unpaired) electrons. The van der Waals surface area contributed by atoms with Gasteiger partial charge in [0.15, 0.2) is 0 Å². The zero-order valence-electron chi connectivity index (χ0n) is 18.1. The Bertz CT molecular complexity index is 997. The van der Waals surface area contributed by atoms with E-state index in [-0.39, 0.29) is 30.6 Å². The fourth-order valence-corrected chi connectivity index (χ4v) is 3.64. The first-order chi connectivity index (χ1) is 14.9. The molecule has 0 bridgehead atoms. The highest BCUT2D eigenvalue weighted by molar-refractivity contribution is 6.46. The minimum Gasteiger partial charge on any atom is -0.507 e. The van der Waals surface area contributed by atoms with E-state index < -0.39 is 17.7 Å². The third kappa shape index (κ3) is 4.56. The lowest BCUT2D eigenvalue weighted by Gasteiger charge is -2.26. The molecule has 0 saturated carbocycles. The van der Waals surface area contributed by atoms with E-state index in [4.69, 9.17) is 14.2 Å². The second-order valence-corrected chi connectivity index (χ2v) is 7.39. The number of aliphatic hydroxyl groups excluding tert-OH is 1. The van der Waals surface area contributed by atoms with Gasteiger partial charge in [-0.3, -0.25) is 9.59 Å². The van der Waals surface area contributed by atoms with Crippen LogP contribution in [0.4, 0.5) is 0 Å².